The van der Waals surface area contributed by atoms with E-state index in [1.807, 2.05) is 30.3 Å². The van der Waals surface area contributed by atoms with Gasteiger partial charge in [-0.1, -0.05) is 40.2 Å². The fraction of sp³-hybridized carbons (Fsp3) is 0. The van der Waals surface area contributed by atoms with Crippen LogP contribution in [0.15, 0.2) is 74.3 Å². The zero-order valence-electron chi connectivity index (χ0n) is 13.9. The molecular formula is C21H12BrN3O2. The molecule has 0 aliphatic rings. The third-order valence-electron chi connectivity index (χ3n) is 4.01. The lowest BCUT2D eigenvalue weighted by molar-refractivity contribution is 0.572. The maximum atomic E-state index is 12.2. The van der Waals surface area contributed by atoms with Crippen molar-refractivity contribution < 1.29 is 4.42 Å². The number of allylic oxidation sites excluding steroid dienone is 1. The quantitative estimate of drug-likeness (QED) is 0.474. The molecule has 2 heterocycles. The summed E-state index contributed by atoms with van der Waals surface area (Å²) in [6, 6.07) is 20.4. The van der Waals surface area contributed by atoms with Crippen LogP contribution in [0.25, 0.3) is 33.9 Å². The van der Waals surface area contributed by atoms with Crippen molar-refractivity contribution in [2.24, 2.45) is 0 Å². The van der Waals surface area contributed by atoms with E-state index in [0.717, 1.165) is 10.0 Å². The van der Waals surface area contributed by atoms with E-state index in [1.54, 1.807) is 36.4 Å². The number of aromatic amines is 1. The van der Waals surface area contributed by atoms with Gasteiger partial charge in [-0.3, -0.25) is 4.79 Å². The molecule has 0 atom stereocenters. The van der Waals surface area contributed by atoms with Gasteiger partial charge in [0.05, 0.1) is 16.5 Å². The van der Waals surface area contributed by atoms with Crippen LogP contribution < -0.4 is 5.56 Å². The number of halogens is 1. The molecule has 2 aromatic heterocycles. The highest BCUT2D eigenvalue weighted by Gasteiger charge is 2.10. The van der Waals surface area contributed by atoms with Gasteiger partial charge >= 0.3 is 0 Å². The lowest BCUT2D eigenvalue weighted by atomic mass is 10.2. The van der Waals surface area contributed by atoms with Crippen molar-refractivity contribution >= 4 is 38.5 Å². The van der Waals surface area contributed by atoms with E-state index >= 15 is 0 Å². The Morgan fingerprint density at radius 2 is 2.00 bits per heavy atom. The molecule has 27 heavy (non-hydrogen) atoms. The topological polar surface area (TPSA) is 82.7 Å². The third-order valence-corrected chi connectivity index (χ3v) is 4.50. The first-order valence-corrected chi connectivity index (χ1v) is 8.90. The van der Waals surface area contributed by atoms with Crippen LogP contribution in [-0.2, 0) is 0 Å². The predicted octanol–water partition coefficient (Wildman–Crippen LogP) is 5.01. The second-order valence-corrected chi connectivity index (χ2v) is 6.73. The van der Waals surface area contributed by atoms with E-state index in [0.29, 0.717) is 22.4 Å². The number of rotatable bonds is 3. The maximum Gasteiger partial charge on any atom is 0.259 e. The highest BCUT2D eigenvalue weighted by molar-refractivity contribution is 9.10. The van der Waals surface area contributed by atoms with E-state index in [-0.39, 0.29) is 17.0 Å². The fourth-order valence-electron chi connectivity index (χ4n) is 2.74. The van der Waals surface area contributed by atoms with Crippen LogP contribution in [0, 0.1) is 11.3 Å². The van der Waals surface area contributed by atoms with Crippen LogP contribution in [0.3, 0.4) is 0 Å². The molecule has 4 rings (SSSR count). The van der Waals surface area contributed by atoms with Crippen LogP contribution in [0.2, 0.25) is 0 Å². The molecule has 5 nitrogen and oxygen atoms in total. The summed E-state index contributed by atoms with van der Waals surface area (Å²) in [5.41, 5.74) is 1.38. The van der Waals surface area contributed by atoms with Crippen molar-refractivity contribution in [2.45, 2.75) is 0 Å². The minimum Gasteiger partial charge on any atom is -0.457 e. The third kappa shape index (κ3) is 3.46. The minimum absolute atomic E-state index is 0.210. The molecule has 0 saturated heterocycles. The first-order valence-electron chi connectivity index (χ1n) is 8.11. The maximum absolute atomic E-state index is 12.2. The molecule has 0 aliphatic heterocycles. The van der Waals surface area contributed by atoms with Gasteiger partial charge in [-0.25, -0.2) is 4.98 Å². The Kier molecular flexibility index (Phi) is 4.45. The Hall–Kier alpha value is -3.43. The summed E-state index contributed by atoms with van der Waals surface area (Å²) in [7, 11) is 0. The Bertz CT molecular complexity index is 1280. The number of furan rings is 1. The molecule has 0 fully saturated rings. The Labute approximate surface area is 162 Å². The van der Waals surface area contributed by atoms with Gasteiger partial charge in [-0.15, -0.1) is 0 Å². The summed E-state index contributed by atoms with van der Waals surface area (Å²) in [6.45, 7) is 0. The van der Waals surface area contributed by atoms with Gasteiger partial charge in [-0.05, 0) is 36.4 Å². The van der Waals surface area contributed by atoms with Gasteiger partial charge in [0, 0.05) is 16.1 Å². The number of nitrogens with zero attached hydrogens (tertiary/aromatic N) is 2. The van der Waals surface area contributed by atoms with Gasteiger partial charge in [-0.2, -0.15) is 5.26 Å². The second-order valence-electron chi connectivity index (χ2n) is 5.81. The molecule has 0 bridgehead atoms. The summed E-state index contributed by atoms with van der Waals surface area (Å²) in [6.07, 6.45) is 1.56. The number of hydrogen-bond donors (Lipinski definition) is 1. The average molecular weight is 418 g/mol. The Morgan fingerprint density at radius 1 is 1.15 bits per heavy atom. The fourth-order valence-corrected chi connectivity index (χ4v) is 3.14. The van der Waals surface area contributed by atoms with Crippen molar-refractivity contribution in [3.05, 3.63) is 87.1 Å². The van der Waals surface area contributed by atoms with Gasteiger partial charge in [0.25, 0.3) is 5.56 Å². The Morgan fingerprint density at radius 3 is 2.81 bits per heavy atom. The average Bonchev–Trinajstić information content (AvgIpc) is 3.15. The van der Waals surface area contributed by atoms with E-state index in [4.69, 9.17) is 4.42 Å². The SMILES string of the molecule is N#CC(=Cc1ccc(-c2cccc(Br)c2)o1)c1nc2ccccc2c(=O)[nH]1. The zero-order chi connectivity index (χ0) is 18.8. The molecule has 4 aromatic rings. The van der Waals surface area contributed by atoms with Gasteiger partial charge in [0.1, 0.15) is 17.6 Å². The van der Waals surface area contributed by atoms with Crippen LogP contribution in [0.1, 0.15) is 11.6 Å². The largest absolute Gasteiger partial charge is 0.457 e. The van der Waals surface area contributed by atoms with Crippen molar-refractivity contribution in [3.8, 4) is 17.4 Å². The van der Waals surface area contributed by atoms with Gasteiger partial charge < -0.3 is 9.40 Å². The van der Waals surface area contributed by atoms with Crippen LogP contribution >= 0.6 is 15.9 Å². The molecule has 2 aromatic carbocycles. The molecule has 0 aliphatic carbocycles. The van der Waals surface area contributed by atoms with Crippen LogP contribution in [0.4, 0.5) is 0 Å². The molecule has 0 spiro atoms. The predicted molar refractivity (Wildman–Crippen MR) is 108 cm³/mol. The van der Waals surface area contributed by atoms with E-state index in [2.05, 4.69) is 32.0 Å². The van der Waals surface area contributed by atoms with E-state index in [1.165, 1.54) is 0 Å². The zero-order valence-corrected chi connectivity index (χ0v) is 15.5. The first kappa shape index (κ1) is 17.0. The van der Waals surface area contributed by atoms with Crippen molar-refractivity contribution in [1.29, 1.82) is 5.26 Å². The monoisotopic (exact) mass is 417 g/mol. The van der Waals surface area contributed by atoms with Gasteiger partial charge in [0.15, 0.2) is 5.82 Å². The van der Waals surface area contributed by atoms with Crippen molar-refractivity contribution in [2.75, 3.05) is 0 Å². The number of aromatic nitrogens is 2. The second kappa shape index (κ2) is 7.06. The number of nitriles is 1. The molecular weight excluding hydrogens is 406 g/mol. The lowest BCUT2D eigenvalue weighted by Crippen LogP contribution is -2.11. The molecule has 0 saturated carbocycles. The normalized spacial score (nSPS) is 11.5. The Balaban J connectivity index is 1.75. The number of benzene rings is 2. The first-order chi connectivity index (χ1) is 13.1. The molecule has 0 radical (unpaired) electrons. The highest BCUT2D eigenvalue weighted by atomic mass is 79.9. The summed E-state index contributed by atoms with van der Waals surface area (Å²) in [4.78, 5) is 19.3. The number of hydrogen-bond acceptors (Lipinski definition) is 4. The van der Waals surface area contributed by atoms with Crippen LogP contribution in [0.5, 0.6) is 0 Å². The number of fused-ring (bicyclic) bond motifs is 1. The molecule has 130 valence electrons. The molecule has 0 unspecified atom stereocenters. The molecule has 1 N–H and O–H groups in total. The number of H-pyrrole nitrogens is 1. The van der Waals surface area contributed by atoms with Crippen LogP contribution in [-0.4, -0.2) is 9.97 Å². The number of nitrogens with one attached hydrogen (secondary N) is 1. The minimum atomic E-state index is -0.286. The summed E-state index contributed by atoms with van der Waals surface area (Å²) < 4.78 is 6.78. The number of para-hydroxylation sites is 1. The summed E-state index contributed by atoms with van der Waals surface area (Å²) in [5, 5.41) is 10.0. The molecule has 0 amide bonds. The lowest BCUT2D eigenvalue weighted by Gasteiger charge is -2.01. The summed E-state index contributed by atoms with van der Waals surface area (Å²) >= 11 is 3.44. The highest BCUT2D eigenvalue weighted by Crippen LogP contribution is 2.26. The smallest absolute Gasteiger partial charge is 0.259 e. The van der Waals surface area contributed by atoms with Crippen molar-refractivity contribution in [3.63, 3.8) is 0 Å². The van der Waals surface area contributed by atoms with E-state index in [9.17, 15) is 10.1 Å². The van der Waals surface area contributed by atoms with E-state index < -0.39 is 0 Å². The van der Waals surface area contributed by atoms with Crippen molar-refractivity contribution in [1.82, 2.24) is 9.97 Å². The summed E-state index contributed by atoms with van der Waals surface area (Å²) in [5.74, 6) is 1.39. The van der Waals surface area contributed by atoms with Gasteiger partial charge in [0.2, 0.25) is 0 Å². The molecule has 6 heteroatoms. The standard InChI is InChI=1S/C21H12BrN3O2/c22-15-5-3-4-13(10-15)19-9-8-16(27-19)11-14(12-23)20-24-18-7-2-1-6-17(18)21(26)25-20/h1-11H,(H,24,25,26).